The third kappa shape index (κ3) is 3.94. The van der Waals surface area contributed by atoms with Crippen molar-refractivity contribution < 1.29 is 5.11 Å². The van der Waals surface area contributed by atoms with Gasteiger partial charge in [-0.3, -0.25) is 0 Å². The third-order valence-electron chi connectivity index (χ3n) is 3.16. The van der Waals surface area contributed by atoms with Gasteiger partial charge >= 0.3 is 116 Å². The molecule has 1 aromatic carbocycles. The molecule has 2 rings (SSSR count). The van der Waals surface area contributed by atoms with Gasteiger partial charge in [-0.2, -0.15) is 0 Å². The number of hydrogen-bond donors (Lipinski definition) is 1. The van der Waals surface area contributed by atoms with Crippen molar-refractivity contribution in [1.29, 1.82) is 0 Å². The number of benzene rings is 1. The number of unbranched alkanes of at least 4 members (excludes halogenated alkanes) is 2. The van der Waals surface area contributed by atoms with Crippen LogP contribution < -0.4 is 0 Å². The predicted octanol–water partition coefficient (Wildman–Crippen LogP) is 3.13. The average molecular weight is 310 g/mol. The van der Waals surface area contributed by atoms with Crippen molar-refractivity contribution in [2.24, 2.45) is 4.99 Å². The van der Waals surface area contributed by atoms with Crippen LogP contribution in [0.3, 0.4) is 0 Å². The Kier molecular flexibility index (Phi) is 5.43. The van der Waals surface area contributed by atoms with Gasteiger partial charge in [0.05, 0.1) is 0 Å². The third-order valence-corrected chi connectivity index (χ3v) is 5.95. The van der Waals surface area contributed by atoms with Gasteiger partial charge in [-0.05, 0) is 0 Å². The Morgan fingerprint density at radius 2 is 2.06 bits per heavy atom. The first-order valence-electron chi connectivity index (χ1n) is 6.76. The quantitative estimate of drug-likeness (QED) is 0.658. The first kappa shape index (κ1) is 13.8. The van der Waals surface area contributed by atoms with Gasteiger partial charge in [-0.25, -0.2) is 0 Å². The van der Waals surface area contributed by atoms with Crippen LogP contribution in [0.4, 0.5) is 0 Å². The van der Waals surface area contributed by atoms with Crippen LogP contribution in [0.2, 0.25) is 0 Å². The second-order valence-electron chi connectivity index (χ2n) is 4.71. The molecule has 0 saturated carbocycles. The summed E-state index contributed by atoms with van der Waals surface area (Å²) in [5.74, 6) is 0. The number of aliphatic hydroxyl groups excluding tert-OH is 1. The van der Waals surface area contributed by atoms with Crippen LogP contribution in [-0.2, 0) is 0 Å². The molecule has 1 N–H and O–H groups in total. The fourth-order valence-corrected chi connectivity index (χ4v) is 4.98. The summed E-state index contributed by atoms with van der Waals surface area (Å²) in [6, 6.07) is 10.6. The molecule has 0 bridgehead atoms. The number of nitrogens with zero attached hydrogens (tertiary/aromatic N) is 1. The zero-order valence-electron chi connectivity index (χ0n) is 10.9. The van der Waals surface area contributed by atoms with Crippen molar-refractivity contribution in [3.05, 3.63) is 35.9 Å². The van der Waals surface area contributed by atoms with Crippen molar-refractivity contribution in [2.75, 3.05) is 0 Å². The molecule has 0 spiro atoms. The van der Waals surface area contributed by atoms with Crippen LogP contribution in [-0.4, -0.2) is 30.9 Å². The zero-order chi connectivity index (χ0) is 12.8. The molecule has 2 atom stereocenters. The van der Waals surface area contributed by atoms with Gasteiger partial charge in [0, 0.05) is 0 Å². The van der Waals surface area contributed by atoms with Crippen molar-refractivity contribution in [3.63, 3.8) is 0 Å². The first-order valence-corrected chi connectivity index (χ1v) is 8.60. The predicted molar refractivity (Wildman–Crippen MR) is 77.1 cm³/mol. The number of rotatable bonds is 5. The Hall–Kier alpha value is -0.631. The van der Waals surface area contributed by atoms with Crippen LogP contribution in [0.15, 0.2) is 35.3 Å². The molecule has 1 aliphatic heterocycles. The molecule has 0 saturated heterocycles. The maximum atomic E-state index is 9.89. The van der Waals surface area contributed by atoms with Crippen LogP contribution in [0.25, 0.3) is 0 Å². The molecule has 0 unspecified atom stereocenters. The average Bonchev–Trinajstić information content (AvgIpc) is 2.39. The molecule has 1 aromatic rings. The van der Waals surface area contributed by atoms with Gasteiger partial charge in [-0.15, -0.1) is 0 Å². The van der Waals surface area contributed by atoms with E-state index in [2.05, 4.69) is 36.2 Å². The Bertz CT molecular complexity index is 391. The zero-order valence-corrected chi connectivity index (χ0v) is 12.6. The Morgan fingerprint density at radius 1 is 1.28 bits per heavy atom. The molecule has 0 amide bonds. The standard InChI is InChI=1S/C15H21NOSe/c1-2-3-5-10-15-16-14(17)11-13(18-15)12-8-6-4-7-9-12/h4,6-9,13-14,17H,2-3,5,10-11H2,1H3/t13-,14-/m1/s1. The maximum absolute atomic E-state index is 9.89. The molecule has 0 aliphatic carbocycles. The summed E-state index contributed by atoms with van der Waals surface area (Å²) in [7, 11) is 0. The van der Waals surface area contributed by atoms with E-state index in [1.807, 2.05) is 6.07 Å². The minimum atomic E-state index is -0.484. The van der Waals surface area contributed by atoms with E-state index in [-0.39, 0.29) is 0 Å². The Labute approximate surface area is 116 Å². The molecule has 0 fully saturated rings. The fraction of sp³-hybridized carbons (Fsp3) is 0.533. The van der Waals surface area contributed by atoms with Gasteiger partial charge in [-0.1, -0.05) is 0 Å². The van der Waals surface area contributed by atoms with Crippen LogP contribution in [0, 0.1) is 0 Å². The molecule has 98 valence electrons. The molecular weight excluding hydrogens is 289 g/mol. The molecule has 1 aliphatic rings. The van der Waals surface area contributed by atoms with E-state index in [0.29, 0.717) is 19.8 Å². The Morgan fingerprint density at radius 3 is 2.78 bits per heavy atom. The summed E-state index contributed by atoms with van der Waals surface area (Å²) in [6.45, 7) is 2.22. The van der Waals surface area contributed by atoms with Crippen LogP contribution in [0.5, 0.6) is 0 Å². The molecular formula is C15H21NOSe. The summed E-state index contributed by atoms with van der Waals surface area (Å²) in [4.78, 5) is 4.93. The van der Waals surface area contributed by atoms with E-state index in [4.69, 9.17) is 0 Å². The van der Waals surface area contributed by atoms with Gasteiger partial charge in [0.2, 0.25) is 0 Å². The van der Waals surface area contributed by atoms with Crippen molar-refractivity contribution >= 4 is 19.6 Å². The first-order chi connectivity index (χ1) is 8.79. The van der Waals surface area contributed by atoms with Gasteiger partial charge in [0.15, 0.2) is 0 Å². The molecule has 2 nitrogen and oxygen atoms in total. The summed E-state index contributed by atoms with van der Waals surface area (Å²) < 4.78 is 1.27. The monoisotopic (exact) mass is 311 g/mol. The van der Waals surface area contributed by atoms with E-state index in [0.717, 1.165) is 12.8 Å². The summed E-state index contributed by atoms with van der Waals surface area (Å²) in [5.41, 5.74) is 1.36. The topological polar surface area (TPSA) is 32.6 Å². The number of aliphatic hydroxyl groups is 1. The van der Waals surface area contributed by atoms with Gasteiger partial charge in [0.1, 0.15) is 0 Å². The van der Waals surface area contributed by atoms with E-state index in [1.165, 1.54) is 29.4 Å². The molecule has 3 heteroatoms. The van der Waals surface area contributed by atoms with E-state index < -0.39 is 6.23 Å². The molecule has 18 heavy (non-hydrogen) atoms. The minimum absolute atomic E-state index is 0.411. The second-order valence-corrected chi connectivity index (χ2v) is 7.39. The SMILES string of the molecule is CCCCCC1=N[C@H](O)C[C@H](c2ccccc2)[Se]1. The van der Waals surface area contributed by atoms with Crippen LogP contribution >= 0.6 is 0 Å². The summed E-state index contributed by atoms with van der Waals surface area (Å²) >= 11 is 0.411. The van der Waals surface area contributed by atoms with Gasteiger partial charge < -0.3 is 0 Å². The summed E-state index contributed by atoms with van der Waals surface area (Å²) in [5, 5.41) is 9.89. The number of hydrogen-bond acceptors (Lipinski definition) is 2. The van der Waals surface area contributed by atoms with Crippen molar-refractivity contribution in [3.8, 4) is 0 Å². The molecule has 0 radical (unpaired) electrons. The summed E-state index contributed by atoms with van der Waals surface area (Å²) in [6.07, 6.45) is 5.11. The fourth-order valence-electron chi connectivity index (χ4n) is 2.17. The normalized spacial score (nSPS) is 23.8. The van der Waals surface area contributed by atoms with Crippen molar-refractivity contribution in [2.45, 2.75) is 50.1 Å². The number of aliphatic imine (C=N–C) groups is 1. The Balaban J connectivity index is 1.98. The van der Waals surface area contributed by atoms with Crippen LogP contribution in [0.1, 0.15) is 49.4 Å². The second kappa shape index (κ2) is 7.08. The van der Waals surface area contributed by atoms with Gasteiger partial charge in [0.25, 0.3) is 0 Å². The van der Waals surface area contributed by atoms with E-state index in [1.54, 1.807) is 0 Å². The molecule has 0 aromatic heterocycles. The van der Waals surface area contributed by atoms with E-state index >= 15 is 0 Å². The van der Waals surface area contributed by atoms with E-state index in [9.17, 15) is 5.11 Å². The van der Waals surface area contributed by atoms with Crippen molar-refractivity contribution in [1.82, 2.24) is 0 Å². The molecule has 1 heterocycles.